The molecule has 0 aliphatic heterocycles. The number of rotatable bonds is 4. The van der Waals surface area contributed by atoms with E-state index in [2.05, 4.69) is 4.98 Å². The maximum absolute atomic E-state index is 10.7. The Morgan fingerprint density at radius 2 is 2.16 bits per heavy atom. The molecule has 6 heteroatoms. The van der Waals surface area contributed by atoms with E-state index in [1.165, 1.54) is 12.1 Å². The Morgan fingerprint density at radius 3 is 2.84 bits per heavy atom. The molecule has 0 saturated heterocycles. The lowest BCUT2D eigenvalue weighted by molar-refractivity contribution is -0.385. The van der Waals surface area contributed by atoms with Crippen molar-refractivity contribution < 1.29 is 9.66 Å². The van der Waals surface area contributed by atoms with Gasteiger partial charge in [0.25, 0.3) is 5.69 Å². The molecule has 2 aromatic rings. The van der Waals surface area contributed by atoms with Crippen LogP contribution in [0.25, 0.3) is 0 Å². The van der Waals surface area contributed by atoms with Gasteiger partial charge < -0.3 is 4.74 Å². The van der Waals surface area contributed by atoms with Gasteiger partial charge in [-0.15, -0.1) is 0 Å². The highest BCUT2D eigenvalue weighted by molar-refractivity contribution is 6.30. The Balaban J connectivity index is 2.15. The summed E-state index contributed by atoms with van der Waals surface area (Å²) in [6.07, 6.45) is 1.58. The van der Waals surface area contributed by atoms with E-state index in [1.54, 1.807) is 24.4 Å². The fraction of sp³-hybridized carbons (Fsp3) is 0.154. The third kappa shape index (κ3) is 3.42. The quantitative estimate of drug-likeness (QED) is 0.634. The summed E-state index contributed by atoms with van der Waals surface area (Å²) in [5.74, 6) is 0.468. The highest BCUT2D eigenvalue weighted by atomic mass is 35.5. The molecule has 2 rings (SSSR count). The number of benzene rings is 1. The summed E-state index contributed by atoms with van der Waals surface area (Å²) in [4.78, 5) is 14.3. The number of hydrogen-bond acceptors (Lipinski definition) is 4. The van der Waals surface area contributed by atoms with Crippen LogP contribution in [-0.4, -0.2) is 9.91 Å². The monoisotopic (exact) mass is 278 g/mol. The molecule has 0 aliphatic rings. The molecule has 98 valence electrons. The normalized spacial score (nSPS) is 10.2. The largest absolute Gasteiger partial charge is 0.487 e. The molecular formula is C13H11ClN2O3. The van der Waals surface area contributed by atoms with Crippen LogP contribution in [0.5, 0.6) is 5.75 Å². The Morgan fingerprint density at radius 1 is 1.37 bits per heavy atom. The van der Waals surface area contributed by atoms with Gasteiger partial charge in [-0.2, -0.15) is 0 Å². The van der Waals surface area contributed by atoms with Gasteiger partial charge in [0.05, 0.1) is 16.7 Å². The number of aryl methyl sites for hydroxylation is 1. The number of hydrogen-bond donors (Lipinski definition) is 0. The Hall–Kier alpha value is -2.14. The molecule has 0 aliphatic carbocycles. The van der Waals surface area contributed by atoms with Gasteiger partial charge in [-0.25, -0.2) is 0 Å². The lowest BCUT2D eigenvalue weighted by Crippen LogP contribution is -2.00. The molecular weight excluding hydrogens is 268 g/mol. The highest BCUT2D eigenvalue weighted by Crippen LogP contribution is 2.24. The van der Waals surface area contributed by atoms with Gasteiger partial charge in [-0.1, -0.05) is 11.6 Å². The maximum atomic E-state index is 10.7. The number of non-ortho nitro benzene ring substituents is 1. The number of nitrogens with zero attached hydrogens (tertiary/aromatic N) is 2. The third-order valence-electron chi connectivity index (χ3n) is 2.54. The SMILES string of the molecule is Cc1ccc([N+](=O)[O-])cc1OCc1cc(Cl)ccn1. The Kier molecular flexibility index (Phi) is 3.97. The van der Waals surface area contributed by atoms with Gasteiger partial charge in [0.2, 0.25) is 0 Å². The van der Waals surface area contributed by atoms with Crippen LogP contribution in [0.4, 0.5) is 5.69 Å². The summed E-state index contributed by atoms with van der Waals surface area (Å²) >= 11 is 5.84. The molecule has 0 fully saturated rings. The van der Waals surface area contributed by atoms with Gasteiger partial charge in [0.1, 0.15) is 12.4 Å². The first-order chi connectivity index (χ1) is 9.06. The molecule has 5 nitrogen and oxygen atoms in total. The van der Waals surface area contributed by atoms with Crippen LogP contribution in [0.15, 0.2) is 36.5 Å². The smallest absolute Gasteiger partial charge is 0.273 e. The highest BCUT2D eigenvalue weighted by Gasteiger charge is 2.09. The summed E-state index contributed by atoms with van der Waals surface area (Å²) in [6, 6.07) is 7.86. The number of pyridine rings is 1. The van der Waals surface area contributed by atoms with Crippen molar-refractivity contribution in [3.05, 3.63) is 62.9 Å². The summed E-state index contributed by atoms with van der Waals surface area (Å²) in [5, 5.41) is 11.3. The minimum absolute atomic E-state index is 0.000321. The van der Waals surface area contributed by atoms with E-state index in [0.717, 1.165) is 5.56 Å². The molecule has 0 N–H and O–H groups in total. The second-order valence-electron chi connectivity index (χ2n) is 3.96. The summed E-state index contributed by atoms with van der Waals surface area (Å²) < 4.78 is 5.54. The Bertz CT molecular complexity index is 617. The van der Waals surface area contributed by atoms with Crippen molar-refractivity contribution in [3.8, 4) is 5.75 Å². The van der Waals surface area contributed by atoms with Crippen molar-refractivity contribution in [1.29, 1.82) is 0 Å². The van der Waals surface area contributed by atoms with Gasteiger partial charge >= 0.3 is 0 Å². The minimum Gasteiger partial charge on any atom is -0.487 e. The third-order valence-corrected chi connectivity index (χ3v) is 2.77. The van der Waals surface area contributed by atoms with Gasteiger partial charge in [-0.05, 0) is 30.7 Å². The van der Waals surface area contributed by atoms with Gasteiger partial charge in [0, 0.05) is 17.3 Å². The first-order valence-corrected chi connectivity index (χ1v) is 5.92. The molecule has 1 aromatic heterocycles. The summed E-state index contributed by atoms with van der Waals surface area (Å²) in [5.41, 5.74) is 1.49. The first kappa shape index (κ1) is 13.3. The summed E-state index contributed by atoms with van der Waals surface area (Å²) in [7, 11) is 0. The van der Waals surface area contributed by atoms with Gasteiger partial charge in [-0.3, -0.25) is 15.1 Å². The van der Waals surface area contributed by atoms with Crippen molar-refractivity contribution in [2.24, 2.45) is 0 Å². The van der Waals surface area contributed by atoms with Gasteiger partial charge in [0.15, 0.2) is 0 Å². The fourth-order valence-electron chi connectivity index (χ4n) is 1.54. The van der Waals surface area contributed by atoms with Crippen LogP contribution in [0.2, 0.25) is 5.02 Å². The van der Waals surface area contributed by atoms with Crippen LogP contribution in [0.3, 0.4) is 0 Å². The molecule has 0 bridgehead atoms. The lowest BCUT2D eigenvalue weighted by Gasteiger charge is -2.08. The van der Waals surface area contributed by atoms with Crippen LogP contribution in [0, 0.1) is 17.0 Å². The zero-order valence-corrected chi connectivity index (χ0v) is 10.9. The van der Waals surface area contributed by atoms with E-state index < -0.39 is 4.92 Å². The standard InChI is InChI=1S/C13H11ClN2O3/c1-9-2-3-12(16(17)18)7-13(9)19-8-11-6-10(14)4-5-15-11/h2-7H,8H2,1H3. The predicted molar refractivity (Wildman–Crippen MR) is 71.4 cm³/mol. The van der Waals surface area contributed by atoms with E-state index >= 15 is 0 Å². The lowest BCUT2D eigenvalue weighted by atomic mass is 10.2. The van der Waals surface area contributed by atoms with Crippen LogP contribution in [-0.2, 0) is 6.61 Å². The van der Waals surface area contributed by atoms with E-state index in [1.807, 2.05) is 6.92 Å². The second-order valence-corrected chi connectivity index (χ2v) is 4.40. The second kappa shape index (κ2) is 5.67. The zero-order valence-electron chi connectivity index (χ0n) is 10.2. The Labute approximate surface area is 115 Å². The number of nitro benzene ring substituents is 1. The molecule has 19 heavy (non-hydrogen) atoms. The predicted octanol–water partition coefficient (Wildman–Crippen LogP) is 3.53. The molecule has 0 unspecified atom stereocenters. The van der Waals surface area contributed by atoms with Crippen molar-refractivity contribution in [2.45, 2.75) is 13.5 Å². The van der Waals surface area contributed by atoms with E-state index in [4.69, 9.17) is 16.3 Å². The average Bonchev–Trinajstić information content (AvgIpc) is 2.37. The maximum Gasteiger partial charge on any atom is 0.273 e. The van der Waals surface area contributed by atoms with Crippen LogP contribution >= 0.6 is 11.6 Å². The van der Waals surface area contributed by atoms with E-state index in [0.29, 0.717) is 16.5 Å². The van der Waals surface area contributed by atoms with E-state index in [9.17, 15) is 10.1 Å². The number of halogens is 1. The summed E-state index contributed by atoms with van der Waals surface area (Å²) in [6.45, 7) is 2.03. The number of ether oxygens (including phenoxy) is 1. The molecule has 0 saturated carbocycles. The molecule has 0 radical (unpaired) electrons. The van der Waals surface area contributed by atoms with Crippen molar-refractivity contribution in [2.75, 3.05) is 0 Å². The molecule has 1 heterocycles. The zero-order chi connectivity index (χ0) is 13.8. The minimum atomic E-state index is -0.454. The van der Waals surface area contributed by atoms with Crippen molar-refractivity contribution in [3.63, 3.8) is 0 Å². The fourth-order valence-corrected chi connectivity index (χ4v) is 1.72. The number of nitro groups is 1. The molecule has 0 spiro atoms. The van der Waals surface area contributed by atoms with Crippen LogP contribution in [0.1, 0.15) is 11.3 Å². The topological polar surface area (TPSA) is 65.3 Å². The molecule has 0 amide bonds. The van der Waals surface area contributed by atoms with Crippen molar-refractivity contribution in [1.82, 2.24) is 4.98 Å². The van der Waals surface area contributed by atoms with Crippen LogP contribution < -0.4 is 4.74 Å². The van der Waals surface area contributed by atoms with Crippen molar-refractivity contribution >= 4 is 17.3 Å². The van der Waals surface area contributed by atoms with E-state index in [-0.39, 0.29) is 12.3 Å². The number of aromatic nitrogens is 1. The first-order valence-electron chi connectivity index (χ1n) is 5.54. The average molecular weight is 279 g/mol. The molecule has 0 atom stereocenters. The molecule has 1 aromatic carbocycles.